The van der Waals surface area contributed by atoms with Gasteiger partial charge in [-0.05, 0) is 30.8 Å². The molecule has 0 saturated heterocycles. The summed E-state index contributed by atoms with van der Waals surface area (Å²) in [6.45, 7) is 0.846. The Hall–Kier alpha value is -0.0500. The van der Waals surface area contributed by atoms with Crippen molar-refractivity contribution in [2.75, 3.05) is 7.05 Å². The summed E-state index contributed by atoms with van der Waals surface area (Å²) < 4.78 is 1.02. The molecule has 0 heterocycles. The van der Waals surface area contributed by atoms with Crippen LogP contribution < -0.4 is 5.32 Å². The Labute approximate surface area is 79.9 Å². The van der Waals surface area contributed by atoms with E-state index >= 15 is 0 Å². The molecule has 0 bridgehead atoms. The van der Waals surface area contributed by atoms with Crippen LogP contribution in [-0.4, -0.2) is 7.05 Å². The smallest absolute Gasteiger partial charge is 0.0420 e. The molecule has 1 rings (SSSR count). The van der Waals surface area contributed by atoms with E-state index in [-0.39, 0.29) is 0 Å². The molecule has 1 aromatic carbocycles. The standard InChI is InChI=1S/C8H9BrClN/c1-11-5-6-2-7(9)4-8(10)3-6/h2-4,11H,5H2,1H3. The Bertz CT molecular complexity index is 230. The Morgan fingerprint density at radius 2 is 2.18 bits per heavy atom. The first-order valence-electron chi connectivity index (χ1n) is 3.32. The van der Waals surface area contributed by atoms with Gasteiger partial charge in [-0.2, -0.15) is 0 Å². The molecule has 0 saturated carbocycles. The molecule has 1 aromatic rings. The second-order valence-electron chi connectivity index (χ2n) is 2.31. The van der Waals surface area contributed by atoms with Gasteiger partial charge >= 0.3 is 0 Å². The molecule has 0 aromatic heterocycles. The molecular weight excluding hydrogens is 225 g/mol. The second kappa shape index (κ2) is 4.10. The lowest BCUT2D eigenvalue weighted by Crippen LogP contribution is -2.04. The maximum absolute atomic E-state index is 5.83. The molecule has 0 aliphatic heterocycles. The zero-order valence-corrected chi connectivity index (χ0v) is 8.54. The SMILES string of the molecule is CNCc1cc(Cl)cc(Br)c1. The van der Waals surface area contributed by atoms with Crippen molar-refractivity contribution in [2.24, 2.45) is 0 Å². The first-order valence-corrected chi connectivity index (χ1v) is 4.49. The summed E-state index contributed by atoms with van der Waals surface area (Å²) in [5.74, 6) is 0. The summed E-state index contributed by atoms with van der Waals surface area (Å²) in [4.78, 5) is 0. The first-order chi connectivity index (χ1) is 5.22. The van der Waals surface area contributed by atoms with Gasteiger partial charge < -0.3 is 5.32 Å². The largest absolute Gasteiger partial charge is 0.316 e. The zero-order chi connectivity index (χ0) is 8.27. The maximum atomic E-state index is 5.83. The van der Waals surface area contributed by atoms with E-state index in [1.54, 1.807) is 0 Å². The van der Waals surface area contributed by atoms with Gasteiger partial charge in [-0.25, -0.2) is 0 Å². The van der Waals surface area contributed by atoms with E-state index < -0.39 is 0 Å². The van der Waals surface area contributed by atoms with Gasteiger partial charge in [0.25, 0.3) is 0 Å². The van der Waals surface area contributed by atoms with Crippen LogP contribution in [0.4, 0.5) is 0 Å². The molecule has 11 heavy (non-hydrogen) atoms. The van der Waals surface area contributed by atoms with E-state index in [0.717, 1.165) is 16.0 Å². The molecule has 1 nitrogen and oxygen atoms in total. The van der Waals surface area contributed by atoms with Crippen LogP contribution >= 0.6 is 27.5 Å². The molecule has 0 unspecified atom stereocenters. The monoisotopic (exact) mass is 233 g/mol. The minimum Gasteiger partial charge on any atom is -0.316 e. The van der Waals surface area contributed by atoms with Gasteiger partial charge in [-0.1, -0.05) is 27.5 Å². The van der Waals surface area contributed by atoms with Crippen molar-refractivity contribution in [1.29, 1.82) is 0 Å². The first kappa shape index (κ1) is 9.04. The Kier molecular flexibility index (Phi) is 3.37. The summed E-state index contributed by atoms with van der Waals surface area (Å²) in [6.07, 6.45) is 0. The average Bonchev–Trinajstić information content (AvgIpc) is 1.85. The summed E-state index contributed by atoms with van der Waals surface area (Å²) in [5.41, 5.74) is 1.19. The number of nitrogens with one attached hydrogen (secondary N) is 1. The van der Waals surface area contributed by atoms with E-state index in [0.29, 0.717) is 0 Å². The highest BCUT2D eigenvalue weighted by molar-refractivity contribution is 9.10. The topological polar surface area (TPSA) is 12.0 Å². The fraction of sp³-hybridized carbons (Fsp3) is 0.250. The third-order valence-corrected chi connectivity index (χ3v) is 1.98. The van der Waals surface area contributed by atoms with Crippen LogP contribution in [0.5, 0.6) is 0 Å². The van der Waals surface area contributed by atoms with Crippen molar-refractivity contribution < 1.29 is 0 Å². The average molecular weight is 235 g/mol. The molecule has 0 amide bonds. The Balaban J connectivity index is 2.89. The fourth-order valence-corrected chi connectivity index (χ4v) is 1.85. The van der Waals surface area contributed by atoms with Crippen LogP contribution in [-0.2, 0) is 6.54 Å². The van der Waals surface area contributed by atoms with Crippen LogP contribution in [0, 0.1) is 0 Å². The molecule has 0 radical (unpaired) electrons. The number of rotatable bonds is 2. The summed E-state index contributed by atoms with van der Waals surface area (Å²) >= 11 is 9.20. The molecule has 0 aliphatic rings. The second-order valence-corrected chi connectivity index (χ2v) is 3.66. The molecule has 60 valence electrons. The van der Waals surface area contributed by atoms with E-state index in [1.165, 1.54) is 5.56 Å². The minimum atomic E-state index is 0.768. The van der Waals surface area contributed by atoms with Crippen molar-refractivity contribution in [2.45, 2.75) is 6.54 Å². The predicted molar refractivity (Wildman–Crippen MR) is 51.9 cm³/mol. The van der Waals surface area contributed by atoms with Gasteiger partial charge in [-0.3, -0.25) is 0 Å². The number of benzene rings is 1. The number of hydrogen-bond donors (Lipinski definition) is 1. The molecule has 3 heteroatoms. The minimum absolute atomic E-state index is 0.768. The summed E-state index contributed by atoms with van der Waals surface area (Å²) in [5, 5.41) is 3.83. The van der Waals surface area contributed by atoms with Gasteiger partial charge in [0, 0.05) is 16.0 Å². The molecule has 0 atom stereocenters. The van der Waals surface area contributed by atoms with Crippen LogP contribution in [0.2, 0.25) is 5.02 Å². The number of halogens is 2. The van der Waals surface area contributed by atoms with E-state index in [9.17, 15) is 0 Å². The van der Waals surface area contributed by atoms with Crippen LogP contribution in [0.3, 0.4) is 0 Å². The third kappa shape index (κ3) is 2.81. The highest BCUT2D eigenvalue weighted by atomic mass is 79.9. The van der Waals surface area contributed by atoms with Crippen molar-refractivity contribution in [3.63, 3.8) is 0 Å². The Morgan fingerprint density at radius 1 is 1.45 bits per heavy atom. The molecule has 0 spiro atoms. The lowest BCUT2D eigenvalue weighted by molar-refractivity contribution is 0.817. The zero-order valence-electron chi connectivity index (χ0n) is 6.20. The van der Waals surface area contributed by atoms with Crippen molar-refractivity contribution in [1.82, 2.24) is 5.32 Å². The van der Waals surface area contributed by atoms with Crippen molar-refractivity contribution in [3.05, 3.63) is 33.3 Å². The number of hydrogen-bond acceptors (Lipinski definition) is 1. The van der Waals surface area contributed by atoms with E-state index in [2.05, 4.69) is 21.2 Å². The normalized spacial score (nSPS) is 10.1. The summed E-state index contributed by atoms with van der Waals surface area (Å²) in [6, 6.07) is 5.87. The molecule has 0 fully saturated rings. The van der Waals surface area contributed by atoms with E-state index in [4.69, 9.17) is 11.6 Å². The van der Waals surface area contributed by atoms with Gasteiger partial charge in [-0.15, -0.1) is 0 Å². The van der Waals surface area contributed by atoms with Crippen molar-refractivity contribution in [3.8, 4) is 0 Å². The highest BCUT2D eigenvalue weighted by Crippen LogP contribution is 2.19. The highest BCUT2D eigenvalue weighted by Gasteiger charge is 1.95. The lowest BCUT2D eigenvalue weighted by Gasteiger charge is -2.01. The summed E-state index contributed by atoms with van der Waals surface area (Å²) in [7, 11) is 1.91. The maximum Gasteiger partial charge on any atom is 0.0420 e. The fourth-order valence-electron chi connectivity index (χ4n) is 0.917. The van der Waals surface area contributed by atoms with Gasteiger partial charge in [0.1, 0.15) is 0 Å². The third-order valence-electron chi connectivity index (χ3n) is 1.30. The van der Waals surface area contributed by atoms with Gasteiger partial charge in [0.2, 0.25) is 0 Å². The lowest BCUT2D eigenvalue weighted by atomic mass is 10.2. The van der Waals surface area contributed by atoms with Crippen molar-refractivity contribution >= 4 is 27.5 Å². The van der Waals surface area contributed by atoms with Gasteiger partial charge in [0.15, 0.2) is 0 Å². The van der Waals surface area contributed by atoms with Crippen LogP contribution in [0.1, 0.15) is 5.56 Å². The van der Waals surface area contributed by atoms with Gasteiger partial charge in [0.05, 0.1) is 0 Å². The van der Waals surface area contributed by atoms with Crippen LogP contribution in [0.15, 0.2) is 22.7 Å². The predicted octanol–water partition coefficient (Wildman–Crippen LogP) is 2.82. The van der Waals surface area contributed by atoms with Crippen LogP contribution in [0.25, 0.3) is 0 Å². The molecule has 0 aliphatic carbocycles. The molecular formula is C8H9BrClN. The molecule has 1 N–H and O–H groups in total. The quantitative estimate of drug-likeness (QED) is 0.830. The van der Waals surface area contributed by atoms with E-state index in [1.807, 2.05) is 25.2 Å². The Morgan fingerprint density at radius 3 is 2.73 bits per heavy atom.